The summed E-state index contributed by atoms with van der Waals surface area (Å²) in [6.45, 7) is 2.46. The maximum atomic E-state index is 12.4. The molecule has 1 heterocycles. The Morgan fingerprint density at radius 1 is 1.45 bits per heavy atom. The first-order valence-electron chi connectivity index (χ1n) is 7.57. The molecule has 116 valence electrons. The van der Waals surface area contributed by atoms with Crippen molar-refractivity contribution in [2.75, 3.05) is 13.1 Å². The van der Waals surface area contributed by atoms with Crippen LogP contribution in [0.5, 0.6) is 0 Å². The Labute approximate surface area is 130 Å². The zero-order chi connectivity index (χ0) is 16.1. The highest BCUT2D eigenvalue weighted by molar-refractivity contribution is 5.89. The lowest BCUT2D eigenvalue weighted by molar-refractivity contribution is -0.144. The Morgan fingerprint density at radius 2 is 2.14 bits per heavy atom. The molecule has 0 bridgehead atoms. The highest BCUT2D eigenvalue weighted by Crippen LogP contribution is 2.22. The van der Waals surface area contributed by atoms with Crippen molar-refractivity contribution >= 4 is 11.7 Å². The molecule has 0 spiro atoms. The smallest absolute Gasteiger partial charge is 0.227 e. The molecule has 1 fully saturated rings. The van der Waals surface area contributed by atoms with Gasteiger partial charge in [-0.15, -0.1) is 0 Å². The van der Waals surface area contributed by atoms with E-state index in [1.807, 2.05) is 12.1 Å². The molecule has 2 N–H and O–H groups in total. The van der Waals surface area contributed by atoms with Crippen LogP contribution >= 0.6 is 0 Å². The fraction of sp³-hybridized carbons (Fsp3) is 0.471. The van der Waals surface area contributed by atoms with Crippen LogP contribution in [0.15, 0.2) is 24.3 Å². The number of nitrogens with two attached hydrogens (primary N) is 1. The van der Waals surface area contributed by atoms with Gasteiger partial charge in [-0.05, 0) is 43.9 Å². The first-order chi connectivity index (χ1) is 10.6. The number of nitriles is 1. The van der Waals surface area contributed by atoms with Crippen LogP contribution in [0.4, 0.5) is 0 Å². The van der Waals surface area contributed by atoms with Gasteiger partial charge in [-0.25, -0.2) is 0 Å². The minimum absolute atomic E-state index is 0.0115. The molecule has 22 heavy (non-hydrogen) atoms. The topological polar surface area (TPSA) is 87.2 Å². The van der Waals surface area contributed by atoms with Gasteiger partial charge in [-0.2, -0.15) is 5.26 Å². The Balaban J connectivity index is 2.17. The van der Waals surface area contributed by atoms with Crippen molar-refractivity contribution < 1.29 is 9.59 Å². The molecule has 2 unspecified atom stereocenters. The van der Waals surface area contributed by atoms with E-state index in [-0.39, 0.29) is 17.6 Å². The predicted molar refractivity (Wildman–Crippen MR) is 82.8 cm³/mol. The van der Waals surface area contributed by atoms with Crippen molar-refractivity contribution in [3.63, 3.8) is 0 Å². The van der Waals surface area contributed by atoms with Crippen molar-refractivity contribution in [2.24, 2.45) is 11.7 Å². The molecule has 1 amide bonds. The molecule has 0 saturated carbocycles. The number of hydrogen-bond donors (Lipinski definition) is 1. The van der Waals surface area contributed by atoms with E-state index in [0.29, 0.717) is 25.1 Å². The lowest BCUT2D eigenvalue weighted by Crippen LogP contribution is -2.52. The van der Waals surface area contributed by atoms with Crippen LogP contribution in [0.1, 0.15) is 30.9 Å². The van der Waals surface area contributed by atoms with Gasteiger partial charge >= 0.3 is 0 Å². The highest BCUT2D eigenvalue weighted by atomic mass is 16.2. The van der Waals surface area contributed by atoms with Gasteiger partial charge in [-0.3, -0.25) is 9.59 Å². The van der Waals surface area contributed by atoms with Gasteiger partial charge in [0, 0.05) is 13.1 Å². The number of amides is 1. The van der Waals surface area contributed by atoms with Gasteiger partial charge < -0.3 is 10.6 Å². The van der Waals surface area contributed by atoms with E-state index in [0.717, 1.165) is 18.4 Å². The number of piperidine rings is 1. The van der Waals surface area contributed by atoms with Crippen LogP contribution < -0.4 is 5.73 Å². The Kier molecular flexibility index (Phi) is 5.29. The number of carbonyl (C=O) groups is 2. The quantitative estimate of drug-likeness (QED) is 0.886. The summed E-state index contributed by atoms with van der Waals surface area (Å²) < 4.78 is 0. The van der Waals surface area contributed by atoms with Crippen LogP contribution in [0.2, 0.25) is 0 Å². The summed E-state index contributed by atoms with van der Waals surface area (Å²) in [4.78, 5) is 26.2. The van der Waals surface area contributed by atoms with Crippen molar-refractivity contribution in [1.82, 2.24) is 4.90 Å². The molecule has 1 saturated heterocycles. The molecule has 0 aromatic heterocycles. The van der Waals surface area contributed by atoms with Gasteiger partial charge in [0.1, 0.15) is 0 Å². The summed E-state index contributed by atoms with van der Waals surface area (Å²) in [6.07, 6.45) is 2.15. The second-order valence-corrected chi connectivity index (χ2v) is 5.75. The van der Waals surface area contributed by atoms with Gasteiger partial charge in [0.15, 0.2) is 5.78 Å². The molecular weight excluding hydrogens is 278 g/mol. The average Bonchev–Trinajstić information content (AvgIpc) is 2.53. The largest absolute Gasteiger partial charge is 0.332 e. The predicted octanol–water partition coefficient (Wildman–Crippen LogP) is 1.26. The number of Topliss-reactive ketones (excluding diaryl/α,β-unsaturated/α-hetero) is 1. The van der Waals surface area contributed by atoms with E-state index in [2.05, 4.69) is 6.07 Å². The first kappa shape index (κ1) is 16.2. The molecule has 1 aliphatic rings. The number of likely N-dealkylation sites (tertiary alicyclic amines) is 1. The van der Waals surface area contributed by atoms with E-state index in [1.165, 1.54) is 6.92 Å². The third-order valence-electron chi connectivity index (χ3n) is 4.23. The van der Waals surface area contributed by atoms with E-state index in [9.17, 15) is 9.59 Å². The van der Waals surface area contributed by atoms with Gasteiger partial charge in [0.25, 0.3) is 0 Å². The average molecular weight is 299 g/mol. The molecule has 0 aliphatic carbocycles. The second kappa shape index (κ2) is 7.19. The molecule has 5 nitrogen and oxygen atoms in total. The zero-order valence-corrected chi connectivity index (χ0v) is 12.8. The highest BCUT2D eigenvalue weighted by Gasteiger charge is 2.34. The van der Waals surface area contributed by atoms with E-state index < -0.39 is 6.04 Å². The monoisotopic (exact) mass is 299 g/mol. The number of hydrogen-bond acceptors (Lipinski definition) is 4. The molecular formula is C17H21N3O2. The zero-order valence-electron chi connectivity index (χ0n) is 12.8. The summed E-state index contributed by atoms with van der Waals surface area (Å²) in [7, 11) is 0. The number of carbonyl (C=O) groups excluding carboxylic acids is 2. The maximum Gasteiger partial charge on any atom is 0.227 e. The minimum atomic E-state index is -0.449. The third-order valence-corrected chi connectivity index (χ3v) is 4.23. The molecule has 5 heteroatoms. The normalized spacial score (nSPS) is 19.6. The summed E-state index contributed by atoms with van der Waals surface area (Å²) in [6, 6.07) is 8.75. The van der Waals surface area contributed by atoms with Crippen molar-refractivity contribution in [3.05, 3.63) is 35.4 Å². The standard InChI is InChI=1S/C17H21N3O2/c1-12(21)16(9-13-4-6-14(10-18)7-5-13)20-8-2-3-15(11-19)17(20)22/h4-7,15-16H,2-3,8-9,11,19H2,1H3. The number of rotatable bonds is 5. The molecule has 2 atom stereocenters. The fourth-order valence-electron chi connectivity index (χ4n) is 2.92. The van der Waals surface area contributed by atoms with Crippen molar-refractivity contribution in [2.45, 2.75) is 32.2 Å². The second-order valence-electron chi connectivity index (χ2n) is 5.75. The van der Waals surface area contributed by atoms with E-state index in [4.69, 9.17) is 11.0 Å². The summed E-state index contributed by atoms with van der Waals surface area (Å²) in [5.41, 5.74) is 7.18. The number of benzene rings is 1. The lowest BCUT2D eigenvalue weighted by Gasteiger charge is -2.36. The van der Waals surface area contributed by atoms with Crippen molar-refractivity contribution in [1.29, 1.82) is 5.26 Å². The van der Waals surface area contributed by atoms with Crippen LogP contribution in [0, 0.1) is 17.2 Å². The van der Waals surface area contributed by atoms with Gasteiger partial charge in [-0.1, -0.05) is 12.1 Å². The lowest BCUT2D eigenvalue weighted by atomic mass is 9.92. The van der Waals surface area contributed by atoms with Crippen molar-refractivity contribution in [3.8, 4) is 6.07 Å². The SMILES string of the molecule is CC(=O)C(Cc1ccc(C#N)cc1)N1CCCC(CN)C1=O. The number of ketones is 1. The van der Waals surface area contributed by atoms with Crippen LogP contribution in [-0.2, 0) is 16.0 Å². The first-order valence-corrected chi connectivity index (χ1v) is 7.57. The summed E-state index contributed by atoms with van der Waals surface area (Å²) in [5.74, 6) is -0.199. The molecule has 0 radical (unpaired) electrons. The molecule has 1 aromatic carbocycles. The fourth-order valence-corrected chi connectivity index (χ4v) is 2.92. The molecule has 2 rings (SSSR count). The van der Waals surface area contributed by atoms with Crippen LogP contribution in [-0.4, -0.2) is 35.7 Å². The Hall–Kier alpha value is -2.19. The Bertz CT molecular complexity index is 589. The molecule has 1 aliphatic heterocycles. The van der Waals surface area contributed by atoms with Gasteiger partial charge in [0.2, 0.25) is 5.91 Å². The third kappa shape index (κ3) is 3.52. The molecule has 1 aromatic rings. The van der Waals surface area contributed by atoms with Gasteiger partial charge in [0.05, 0.1) is 23.6 Å². The Morgan fingerprint density at radius 3 is 2.68 bits per heavy atom. The number of nitrogens with zero attached hydrogens (tertiary/aromatic N) is 2. The van der Waals surface area contributed by atoms with Crippen LogP contribution in [0.25, 0.3) is 0 Å². The maximum absolute atomic E-state index is 12.4. The summed E-state index contributed by atoms with van der Waals surface area (Å²) >= 11 is 0. The van der Waals surface area contributed by atoms with Crippen LogP contribution in [0.3, 0.4) is 0 Å². The minimum Gasteiger partial charge on any atom is -0.332 e. The van der Waals surface area contributed by atoms with E-state index in [1.54, 1.807) is 17.0 Å². The summed E-state index contributed by atoms with van der Waals surface area (Å²) in [5, 5.41) is 8.82. The van der Waals surface area contributed by atoms with E-state index >= 15 is 0 Å².